The summed E-state index contributed by atoms with van der Waals surface area (Å²) < 4.78 is 3.39. The maximum atomic E-state index is 9.56. The monoisotopic (exact) mass is 259 g/mol. The molecule has 0 aromatic carbocycles. The van der Waals surface area contributed by atoms with Gasteiger partial charge in [0, 0.05) is 0 Å². The minimum absolute atomic E-state index is 0.0616. The summed E-state index contributed by atoms with van der Waals surface area (Å²) in [5, 5.41) is 9.56. The van der Waals surface area contributed by atoms with Crippen LogP contribution in [0.5, 0.6) is 0 Å². The van der Waals surface area contributed by atoms with E-state index in [0.29, 0.717) is 0 Å². The predicted octanol–water partition coefficient (Wildman–Crippen LogP) is 2.17. The van der Waals surface area contributed by atoms with Crippen LogP contribution < -0.4 is 0 Å². The van der Waals surface area contributed by atoms with Gasteiger partial charge in [-0.1, -0.05) is 48.7 Å². The predicted molar refractivity (Wildman–Crippen MR) is 58.3 cm³/mol. The fourth-order valence-corrected chi connectivity index (χ4v) is 1.58. The van der Waals surface area contributed by atoms with Crippen LogP contribution in [0, 0.1) is 5.92 Å². The van der Waals surface area contributed by atoms with E-state index in [1.54, 1.807) is 0 Å². The Morgan fingerprint density at radius 2 is 2.07 bits per heavy atom. The highest BCUT2D eigenvalue weighted by Gasteiger charge is 2.37. The van der Waals surface area contributed by atoms with Gasteiger partial charge in [-0.2, -0.15) is 0 Å². The SMILES string of the molecule is CC(C)[C@H]1N=C(C(Cl)(Cl)Cl)OC[C@@H]1O. The molecule has 6 heteroatoms. The summed E-state index contributed by atoms with van der Waals surface area (Å²) in [6.45, 7) is 4.01. The molecule has 0 fully saturated rings. The normalized spacial score (nSPS) is 28.6. The van der Waals surface area contributed by atoms with Crippen LogP contribution >= 0.6 is 34.8 Å². The van der Waals surface area contributed by atoms with E-state index in [1.165, 1.54) is 0 Å². The molecule has 82 valence electrons. The molecule has 1 aliphatic heterocycles. The molecular formula is C8H12Cl3NO2. The molecule has 0 saturated heterocycles. The van der Waals surface area contributed by atoms with E-state index in [-0.39, 0.29) is 24.5 Å². The van der Waals surface area contributed by atoms with Crippen LogP contribution in [0.2, 0.25) is 0 Å². The van der Waals surface area contributed by atoms with Crippen LogP contribution in [-0.4, -0.2) is 33.5 Å². The van der Waals surface area contributed by atoms with Crippen LogP contribution in [0.1, 0.15) is 13.8 Å². The Morgan fingerprint density at radius 1 is 1.50 bits per heavy atom. The first kappa shape index (κ1) is 12.4. The largest absolute Gasteiger partial charge is 0.475 e. The summed E-state index contributed by atoms with van der Waals surface area (Å²) in [6.07, 6.45) is -0.633. The average molecular weight is 261 g/mol. The number of hydrogen-bond acceptors (Lipinski definition) is 3. The Morgan fingerprint density at radius 3 is 2.50 bits per heavy atom. The van der Waals surface area contributed by atoms with Gasteiger partial charge < -0.3 is 9.84 Å². The minimum atomic E-state index is -1.65. The van der Waals surface area contributed by atoms with Crippen LogP contribution in [0.15, 0.2) is 4.99 Å². The second-order valence-corrected chi connectivity index (χ2v) is 5.83. The Hall–Kier alpha value is 0.300. The summed E-state index contributed by atoms with van der Waals surface area (Å²) >= 11 is 16.9. The van der Waals surface area contributed by atoms with Gasteiger partial charge in [-0.15, -0.1) is 0 Å². The second kappa shape index (κ2) is 4.44. The summed E-state index contributed by atoms with van der Waals surface area (Å²) in [4.78, 5) is 4.08. The molecule has 0 aliphatic carbocycles. The Labute approximate surface area is 98.0 Å². The van der Waals surface area contributed by atoms with Crippen molar-refractivity contribution < 1.29 is 9.84 Å². The van der Waals surface area contributed by atoms with E-state index < -0.39 is 9.90 Å². The number of hydrogen-bond donors (Lipinski definition) is 1. The maximum Gasteiger partial charge on any atom is 0.266 e. The van der Waals surface area contributed by atoms with Crippen molar-refractivity contribution in [1.29, 1.82) is 0 Å². The van der Waals surface area contributed by atoms with Gasteiger partial charge in [0.2, 0.25) is 5.90 Å². The highest BCUT2D eigenvalue weighted by Crippen LogP contribution is 2.31. The molecule has 0 saturated carbocycles. The van der Waals surface area contributed by atoms with Gasteiger partial charge in [0.05, 0.1) is 6.04 Å². The van der Waals surface area contributed by atoms with E-state index in [2.05, 4.69) is 4.99 Å². The van der Waals surface area contributed by atoms with Crippen molar-refractivity contribution in [3.8, 4) is 0 Å². The Kier molecular flexibility index (Phi) is 3.92. The molecular weight excluding hydrogens is 248 g/mol. The second-order valence-electron chi connectivity index (χ2n) is 3.54. The highest BCUT2D eigenvalue weighted by molar-refractivity contribution is 6.76. The lowest BCUT2D eigenvalue weighted by Crippen LogP contribution is -2.42. The van der Waals surface area contributed by atoms with Gasteiger partial charge in [-0.3, -0.25) is 0 Å². The lowest BCUT2D eigenvalue weighted by molar-refractivity contribution is 0.0500. The Balaban J connectivity index is 2.85. The quantitative estimate of drug-likeness (QED) is 0.734. The molecule has 0 aromatic heterocycles. The first-order valence-electron chi connectivity index (χ1n) is 4.28. The fraction of sp³-hybridized carbons (Fsp3) is 0.875. The van der Waals surface area contributed by atoms with Crippen LogP contribution in [0.4, 0.5) is 0 Å². The number of halogens is 3. The van der Waals surface area contributed by atoms with E-state index in [9.17, 15) is 5.11 Å². The van der Waals surface area contributed by atoms with Crippen molar-refractivity contribution in [3.05, 3.63) is 0 Å². The van der Waals surface area contributed by atoms with Gasteiger partial charge in [0.25, 0.3) is 3.79 Å². The molecule has 2 atom stereocenters. The molecule has 1 N–H and O–H groups in total. The number of aliphatic imine (C=N–C) groups is 1. The lowest BCUT2D eigenvalue weighted by Gasteiger charge is -2.30. The zero-order valence-electron chi connectivity index (χ0n) is 7.88. The van der Waals surface area contributed by atoms with E-state index in [0.717, 1.165) is 0 Å². The standard InChI is InChI=1S/C8H12Cl3NO2/c1-4(2)6-5(13)3-14-7(12-6)8(9,10)11/h4-6,13H,3H2,1-2H3/t5-,6+/m0/s1. The fourth-order valence-electron chi connectivity index (χ4n) is 1.27. The van der Waals surface area contributed by atoms with Crippen molar-refractivity contribution in [1.82, 2.24) is 0 Å². The van der Waals surface area contributed by atoms with Gasteiger partial charge in [-0.25, -0.2) is 4.99 Å². The molecule has 3 nitrogen and oxygen atoms in total. The molecule has 1 rings (SSSR count). The summed E-state index contributed by atoms with van der Waals surface area (Å²) in [7, 11) is 0. The molecule has 1 heterocycles. The molecule has 0 bridgehead atoms. The summed E-state index contributed by atoms with van der Waals surface area (Å²) in [6, 6.07) is -0.269. The topological polar surface area (TPSA) is 41.8 Å². The minimum Gasteiger partial charge on any atom is -0.475 e. The smallest absolute Gasteiger partial charge is 0.266 e. The zero-order chi connectivity index (χ0) is 10.9. The molecule has 1 aliphatic rings. The van der Waals surface area contributed by atoms with Crippen molar-refractivity contribution in [3.63, 3.8) is 0 Å². The summed E-state index contributed by atoms with van der Waals surface area (Å²) in [5.74, 6) is 0.239. The lowest BCUT2D eigenvalue weighted by atomic mass is 9.99. The molecule has 0 spiro atoms. The number of rotatable bonds is 1. The first-order valence-corrected chi connectivity index (χ1v) is 5.41. The van der Waals surface area contributed by atoms with Crippen LogP contribution in [0.25, 0.3) is 0 Å². The maximum absolute atomic E-state index is 9.56. The van der Waals surface area contributed by atoms with Crippen LogP contribution in [0.3, 0.4) is 0 Å². The van der Waals surface area contributed by atoms with Crippen LogP contribution in [-0.2, 0) is 4.74 Å². The number of aliphatic hydroxyl groups is 1. The average Bonchev–Trinajstić information content (AvgIpc) is 2.02. The van der Waals surface area contributed by atoms with Crippen molar-refractivity contribution in [2.75, 3.05) is 6.61 Å². The van der Waals surface area contributed by atoms with Gasteiger partial charge >= 0.3 is 0 Å². The third kappa shape index (κ3) is 2.89. The molecule has 0 radical (unpaired) electrons. The van der Waals surface area contributed by atoms with Gasteiger partial charge in [-0.05, 0) is 5.92 Å². The number of aliphatic hydroxyl groups excluding tert-OH is 1. The number of alkyl halides is 3. The van der Waals surface area contributed by atoms with Gasteiger partial charge in [0.1, 0.15) is 12.7 Å². The van der Waals surface area contributed by atoms with Crippen molar-refractivity contribution in [2.45, 2.75) is 29.8 Å². The summed E-state index contributed by atoms with van der Waals surface area (Å²) in [5.41, 5.74) is 0. The van der Waals surface area contributed by atoms with Crippen molar-refractivity contribution in [2.24, 2.45) is 10.9 Å². The number of ether oxygens (including phenoxy) is 1. The van der Waals surface area contributed by atoms with Gasteiger partial charge in [0.15, 0.2) is 0 Å². The third-order valence-corrected chi connectivity index (χ3v) is 2.46. The third-order valence-electron chi connectivity index (χ3n) is 1.98. The van der Waals surface area contributed by atoms with E-state index in [4.69, 9.17) is 39.5 Å². The van der Waals surface area contributed by atoms with E-state index >= 15 is 0 Å². The highest BCUT2D eigenvalue weighted by atomic mass is 35.6. The molecule has 0 unspecified atom stereocenters. The Bertz CT molecular complexity index is 237. The van der Waals surface area contributed by atoms with E-state index in [1.807, 2.05) is 13.8 Å². The van der Waals surface area contributed by atoms with Crippen molar-refractivity contribution >= 4 is 40.7 Å². The first-order chi connectivity index (χ1) is 6.32. The molecule has 0 amide bonds. The molecule has 14 heavy (non-hydrogen) atoms. The zero-order valence-corrected chi connectivity index (χ0v) is 10.1. The number of nitrogens with zero attached hydrogens (tertiary/aromatic N) is 1. The molecule has 0 aromatic rings.